The third-order valence-corrected chi connectivity index (χ3v) is 3.79. The predicted molar refractivity (Wildman–Crippen MR) is 66.6 cm³/mol. The number of hydrogen-bond acceptors (Lipinski definition) is 4. The molecule has 0 radical (unpaired) electrons. The van der Waals surface area contributed by atoms with Crippen LogP contribution in [-0.2, 0) is 9.59 Å². The van der Waals surface area contributed by atoms with Crippen molar-refractivity contribution in [2.24, 2.45) is 5.73 Å². The van der Waals surface area contributed by atoms with E-state index >= 15 is 0 Å². The maximum Gasteiger partial charge on any atom is 0.221 e. The summed E-state index contributed by atoms with van der Waals surface area (Å²) in [5, 5.41) is 2.82. The number of primary amides is 1. The van der Waals surface area contributed by atoms with Gasteiger partial charge in [-0.25, -0.2) is 0 Å². The molecule has 0 fully saturated rings. The summed E-state index contributed by atoms with van der Waals surface area (Å²) in [7, 11) is 3.18. The fourth-order valence-corrected chi connectivity index (χ4v) is 2.78. The molecule has 0 aliphatic heterocycles. The number of rotatable bonds is 8. The minimum atomic E-state index is -0.277. The fourth-order valence-electron chi connectivity index (χ4n) is 0.789. The van der Waals surface area contributed by atoms with Crippen molar-refractivity contribution in [3.63, 3.8) is 0 Å². The second-order valence-electron chi connectivity index (χ2n) is 3.33. The van der Waals surface area contributed by atoms with E-state index in [-0.39, 0.29) is 17.9 Å². The Labute approximate surface area is 98.5 Å². The lowest BCUT2D eigenvalue weighted by Gasteiger charge is -2.07. The molecule has 3 N–H and O–H groups in total. The van der Waals surface area contributed by atoms with Crippen LogP contribution in [0.15, 0.2) is 0 Å². The first-order valence-corrected chi connectivity index (χ1v) is 7.33. The van der Waals surface area contributed by atoms with Crippen molar-refractivity contribution in [2.45, 2.75) is 32.7 Å². The number of carbonyl (C=O) groups is 2. The van der Waals surface area contributed by atoms with Crippen LogP contribution in [0.3, 0.4) is 0 Å². The van der Waals surface area contributed by atoms with Crippen LogP contribution >= 0.6 is 21.6 Å². The van der Waals surface area contributed by atoms with Crippen LogP contribution in [0.25, 0.3) is 0 Å². The van der Waals surface area contributed by atoms with E-state index in [1.807, 2.05) is 13.8 Å². The third kappa shape index (κ3) is 11.6. The second kappa shape index (κ2) is 8.91. The molecule has 6 heteroatoms. The average Bonchev–Trinajstić information content (AvgIpc) is 2.09. The summed E-state index contributed by atoms with van der Waals surface area (Å²) in [5.41, 5.74) is 4.98. The minimum absolute atomic E-state index is 0.0769. The van der Waals surface area contributed by atoms with E-state index in [0.717, 1.165) is 5.75 Å². The molecule has 0 heterocycles. The Hall–Kier alpha value is -0.360. The van der Waals surface area contributed by atoms with Gasteiger partial charge in [0.05, 0.1) is 0 Å². The summed E-state index contributed by atoms with van der Waals surface area (Å²) < 4.78 is 0. The zero-order chi connectivity index (χ0) is 11.7. The molecule has 0 spiro atoms. The van der Waals surface area contributed by atoms with Crippen LogP contribution in [0.5, 0.6) is 0 Å². The van der Waals surface area contributed by atoms with Crippen molar-refractivity contribution in [3.05, 3.63) is 0 Å². The predicted octanol–water partition coefficient (Wildman–Crippen LogP) is 1.16. The lowest BCUT2D eigenvalue weighted by atomic mass is 10.3. The van der Waals surface area contributed by atoms with E-state index < -0.39 is 0 Å². The van der Waals surface area contributed by atoms with Gasteiger partial charge in [0.25, 0.3) is 0 Å². The lowest BCUT2D eigenvalue weighted by Crippen LogP contribution is -2.30. The van der Waals surface area contributed by atoms with E-state index in [1.165, 1.54) is 0 Å². The summed E-state index contributed by atoms with van der Waals surface area (Å²) in [5.74, 6) is 1.28. The zero-order valence-corrected chi connectivity index (χ0v) is 10.7. The summed E-state index contributed by atoms with van der Waals surface area (Å²) in [6.45, 7) is 3.87. The fraction of sp³-hybridized carbons (Fsp3) is 0.778. The molecule has 0 aromatic rings. The molecule has 0 aromatic carbocycles. The second-order valence-corrected chi connectivity index (χ2v) is 6.03. The van der Waals surface area contributed by atoms with Crippen molar-refractivity contribution >= 4 is 33.4 Å². The summed E-state index contributed by atoms with van der Waals surface area (Å²) in [6.07, 6.45) is 0.919. The van der Waals surface area contributed by atoms with Gasteiger partial charge < -0.3 is 11.1 Å². The molecule has 0 saturated carbocycles. The first kappa shape index (κ1) is 14.6. The Bertz CT molecular complexity index is 210. The topological polar surface area (TPSA) is 72.2 Å². The average molecular weight is 250 g/mol. The molecule has 88 valence electrons. The Morgan fingerprint density at radius 3 is 2.20 bits per heavy atom. The normalized spacial score (nSPS) is 10.3. The molecule has 0 aliphatic carbocycles. The molecule has 0 aromatic heterocycles. The van der Waals surface area contributed by atoms with Gasteiger partial charge in [0.2, 0.25) is 11.8 Å². The van der Waals surface area contributed by atoms with Gasteiger partial charge in [-0.05, 0) is 13.8 Å². The Morgan fingerprint density at radius 2 is 1.73 bits per heavy atom. The Morgan fingerprint density at radius 1 is 1.20 bits per heavy atom. The van der Waals surface area contributed by atoms with Crippen LogP contribution < -0.4 is 11.1 Å². The van der Waals surface area contributed by atoms with Crippen LogP contribution in [0.4, 0.5) is 0 Å². The lowest BCUT2D eigenvalue weighted by molar-refractivity contribution is -0.121. The molecule has 2 amide bonds. The number of nitrogens with one attached hydrogen (secondary N) is 1. The summed E-state index contributed by atoms with van der Waals surface area (Å²) in [4.78, 5) is 21.6. The highest BCUT2D eigenvalue weighted by atomic mass is 33.1. The van der Waals surface area contributed by atoms with Crippen molar-refractivity contribution in [1.29, 1.82) is 0 Å². The van der Waals surface area contributed by atoms with Gasteiger partial charge in [-0.2, -0.15) is 0 Å². The molecule has 0 bridgehead atoms. The molecule has 0 atom stereocenters. The van der Waals surface area contributed by atoms with E-state index in [4.69, 9.17) is 5.73 Å². The maximum absolute atomic E-state index is 11.2. The molecular weight excluding hydrogens is 232 g/mol. The minimum Gasteiger partial charge on any atom is -0.370 e. The largest absolute Gasteiger partial charge is 0.370 e. The molecule has 0 aliphatic rings. The van der Waals surface area contributed by atoms with Crippen LogP contribution in [0.1, 0.15) is 26.7 Å². The van der Waals surface area contributed by atoms with Gasteiger partial charge in [0, 0.05) is 30.4 Å². The van der Waals surface area contributed by atoms with Crippen molar-refractivity contribution in [1.82, 2.24) is 5.32 Å². The van der Waals surface area contributed by atoms with Gasteiger partial charge in [0.15, 0.2) is 0 Å². The van der Waals surface area contributed by atoms with Gasteiger partial charge in [-0.15, -0.1) is 0 Å². The molecule has 0 saturated heterocycles. The van der Waals surface area contributed by atoms with Crippen molar-refractivity contribution < 1.29 is 9.59 Å². The highest BCUT2D eigenvalue weighted by Crippen LogP contribution is 2.22. The monoisotopic (exact) mass is 250 g/mol. The number of nitrogens with two attached hydrogens (primary N) is 1. The molecular formula is C9H18N2O2S2. The van der Waals surface area contributed by atoms with E-state index in [1.54, 1.807) is 21.6 Å². The summed E-state index contributed by atoms with van der Waals surface area (Å²) >= 11 is 0. The van der Waals surface area contributed by atoms with Crippen LogP contribution in [0.2, 0.25) is 0 Å². The quantitative estimate of drug-likeness (QED) is 0.501. The first-order chi connectivity index (χ1) is 7.02. The number of hydrogen-bond donors (Lipinski definition) is 2. The molecule has 15 heavy (non-hydrogen) atoms. The third-order valence-electron chi connectivity index (χ3n) is 1.38. The van der Waals surface area contributed by atoms with Crippen LogP contribution in [0, 0.1) is 0 Å². The number of amides is 2. The zero-order valence-electron chi connectivity index (χ0n) is 9.12. The molecule has 4 nitrogen and oxygen atoms in total. The van der Waals surface area contributed by atoms with Gasteiger partial charge in [0.1, 0.15) is 0 Å². The SMILES string of the molecule is CC(C)NC(=O)CCSSCCC(N)=O. The Kier molecular flexibility index (Phi) is 8.70. The maximum atomic E-state index is 11.2. The van der Waals surface area contributed by atoms with E-state index in [0.29, 0.717) is 18.6 Å². The van der Waals surface area contributed by atoms with Gasteiger partial charge in [-0.3, -0.25) is 9.59 Å². The molecule has 0 unspecified atom stereocenters. The van der Waals surface area contributed by atoms with Gasteiger partial charge >= 0.3 is 0 Å². The standard InChI is InChI=1S/C9H18N2O2S2/c1-7(2)11-9(13)4-6-15-14-5-3-8(10)12/h7H,3-6H2,1-2H3,(H2,10,12)(H,11,13). The Balaban J connectivity index is 3.24. The first-order valence-electron chi connectivity index (χ1n) is 4.84. The van der Waals surface area contributed by atoms with Crippen LogP contribution in [-0.4, -0.2) is 29.4 Å². The highest BCUT2D eigenvalue weighted by Gasteiger charge is 2.03. The van der Waals surface area contributed by atoms with E-state index in [9.17, 15) is 9.59 Å². The van der Waals surface area contributed by atoms with Crippen molar-refractivity contribution in [3.8, 4) is 0 Å². The smallest absolute Gasteiger partial charge is 0.221 e. The number of carbonyl (C=O) groups excluding carboxylic acids is 2. The molecule has 0 rings (SSSR count). The van der Waals surface area contributed by atoms with E-state index in [2.05, 4.69) is 5.32 Å². The summed E-state index contributed by atoms with van der Waals surface area (Å²) in [6, 6.07) is 0.199. The van der Waals surface area contributed by atoms with Gasteiger partial charge in [-0.1, -0.05) is 21.6 Å². The highest BCUT2D eigenvalue weighted by molar-refractivity contribution is 8.76. The van der Waals surface area contributed by atoms with Crippen molar-refractivity contribution in [2.75, 3.05) is 11.5 Å².